The van der Waals surface area contributed by atoms with Crippen LogP contribution in [0.15, 0.2) is 79.0 Å². The van der Waals surface area contributed by atoms with E-state index in [0.29, 0.717) is 0 Å². The third-order valence-electron chi connectivity index (χ3n) is 6.50. The number of nitrogens with zero attached hydrogens (tertiary/aromatic N) is 3. The van der Waals surface area contributed by atoms with Crippen molar-refractivity contribution in [1.82, 2.24) is 10.2 Å². The van der Waals surface area contributed by atoms with Crippen LogP contribution in [0.5, 0.6) is 11.5 Å². The van der Waals surface area contributed by atoms with Gasteiger partial charge >= 0.3 is 0 Å². The summed E-state index contributed by atoms with van der Waals surface area (Å²) in [5.74, 6) is 1.73. The number of benzene rings is 3. The Kier molecular flexibility index (Phi) is 4.83. The second-order valence-electron chi connectivity index (χ2n) is 8.53. The molecular formula is C28H25N3O. The minimum absolute atomic E-state index is 0.866. The zero-order valence-corrected chi connectivity index (χ0v) is 18.0. The number of ether oxygens (including phenoxy) is 1. The molecule has 0 amide bonds. The van der Waals surface area contributed by atoms with Gasteiger partial charge < -0.3 is 9.64 Å². The van der Waals surface area contributed by atoms with Crippen LogP contribution in [0.4, 0.5) is 17.1 Å². The molecule has 0 radical (unpaired) electrons. The quantitative estimate of drug-likeness (QED) is 0.299. The number of hydrogen-bond donors (Lipinski definition) is 0. The first-order chi connectivity index (χ1) is 15.9. The second kappa shape index (κ2) is 8.12. The second-order valence-corrected chi connectivity index (χ2v) is 8.53. The lowest BCUT2D eigenvalue weighted by Gasteiger charge is -2.32. The highest BCUT2D eigenvalue weighted by Gasteiger charge is 2.25. The normalized spacial score (nSPS) is 14.9. The van der Waals surface area contributed by atoms with Gasteiger partial charge in [0.25, 0.3) is 0 Å². The summed E-state index contributed by atoms with van der Waals surface area (Å²) in [6.45, 7) is 0. The summed E-state index contributed by atoms with van der Waals surface area (Å²) in [5, 5.41) is 8.91. The van der Waals surface area contributed by atoms with Gasteiger partial charge in [-0.25, -0.2) is 0 Å². The van der Waals surface area contributed by atoms with Crippen LogP contribution in [0.1, 0.15) is 36.8 Å². The van der Waals surface area contributed by atoms with Crippen molar-refractivity contribution in [3.8, 4) is 22.8 Å². The van der Waals surface area contributed by atoms with Gasteiger partial charge in [-0.2, -0.15) is 10.2 Å². The maximum atomic E-state index is 6.15. The molecule has 4 nitrogen and oxygen atoms in total. The van der Waals surface area contributed by atoms with Gasteiger partial charge in [0.05, 0.1) is 23.3 Å². The fraction of sp³-hybridized carbons (Fsp3) is 0.214. The van der Waals surface area contributed by atoms with Crippen molar-refractivity contribution in [3.63, 3.8) is 0 Å². The SMILES string of the molecule is c1ccc2c(c1)Oc1ccccc1N2c1ccc(-c2nncc3c2CCCCCC3)cc1. The Bertz CT molecular complexity index is 1220. The molecule has 1 aliphatic carbocycles. The van der Waals surface area contributed by atoms with Crippen molar-refractivity contribution < 1.29 is 4.74 Å². The van der Waals surface area contributed by atoms with Gasteiger partial charge in [-0.1, -0.05) is 49.2 Å². The van der Waals surface area contributed by atoms with E-state index in [1.54, 1.807) is 0 Å². The Labute approximate surface area is 188 Å². The fourth-order valence-electron chi connectivity index (χ4n) is 4.89. The number of rotatable bonds is 2. The standard InChI is InChI=1S/C28H25N3O/c1-2-4-10-23-21(9-3-1)19-29-30-28(23)20-15-17-22(18-16-20)31-24-11-5-7-13-26(24)32-27-14-8-6-12-25(27)31/h5-8,11-19H,1-4,9-10H2. The Morgan fingerprint density at radius 1 is 0.688 bits per heavy atom. The summed E-state index contributed by atoms with van der Waals surface area (Å²) in [6.07, 6.45) is 9.26. The predicted octanol–water partition coefficient (Wildman–Crippen LogP) is 7.38. The minimum atomic E-state index is 0.866. The summed E-state index contributed by atoms with van der Waals surface area (Å²) < 4.78 is 6.15. The van der Waals surface area contributed by atoms with Crippen LogP contribution in [0.3, 0.4) is 0 Å². The molecule has 0 bridgehead atoms. The lowest BCUT2D eigenvalue weighted by molar-refractivity contribution is 0.477. The number of aryl methyl sites for hydroxylation is 1. The van der Waals surface area contributed by atoms with E-state index in [4.69, 9.17) is 4.74 Å². The third-order valence-corrected chi connectivity index (χ3v) is 6.50. The van der Waals surface area contributed by atoms with Crippen LogP contribution in [0.2, 0.25) is 0 Å². The van der Waals surface area contributed by atoms with Crippen molar-refractivity contribution in [2.75, 3.05) is 4.90 Å². The summed E-state index contributed by atoms with van der Waals surface area (Å²) in [4.78, 5) is 2.26. The lowest BCUT2D eigenvalue weighted by atomic mass is 9.91. The molecule has 1 aliphatic heterocycles. The maximum absolute atomic E-state index is 6.15. The van der Waals surface area contributed by atoms with Crippen molar-refractivity contribution in [1.29, 1.82) is 0 Å². The molecule has 0 saturated heterocycles. The van der Waals surface area contributed by atoms with Crippen molar-refractivity contribution in [2.24, 2.45) is 0 Å². The van der Waals surface area contributed by atoms with Crippen LogP contribution in [0.25, 0.3) is 11.3 Å². The molecule has 1 aromatic heterocycles. The highest BCUT2D eigenvalue weighted by Crippen LogP contribution is 2.50. The van der Waals surface area contributed by atoms with E-state index in [-0.39, 0.29) is 0 Å². The molecule has 0 unspecified atom stereocenters. The maximum Gasteiger partial charge on any atom is 0.151 e. The monoisotopic (exact) mass is 419 g/mol. The van der Waals surface area contributed by atoms with Crippen LogP contribution in [-0.4, -0.2) is 10.2 Å². The zero-order valence-electron chi connectivity index (χ0n) is 18.0. The van der Waals surface area contributed by atoms with Gasteiger partial charge in [-0.3, -0.25) is 0 Å². The van der Waals surface area contributed by atoms with E-state index in [2.05, 4.69) is 63.6 Å². The average molecular weight is 420 g/mol. The van der Waals surface area contributed by atoms with E-state index >= 15 is 0 Å². The van der Waals surface area contributed by atoms with Crippen molar-refractivity contribution in [3.05, 3.63) is 90.1 Å². The van der Waals surface area contributed by atoms with Crippen LogP contribution < -0.4 is 9.64 Å². The molecular weight excluding hydrogens is 394 g/mol. The molecule has 6 rings (SSSR count). The lowest BCUT2D eigenvalue weighted by Crippen LogP contribution is -2.15. The molecule has 3 aromatic carbocycles. The first-order valence-electron chi connectivity index (χ1n) is 11.5. The molecule has 2 aliphatic rings. The minimum Gasteiger partial charge on any atom is -0.453 e. The predicted molar refractivity (Wildman–Crippen MR) is 128 cm³/mol. The number of hydrogen-bond acceptors (Lipinski definition) is 4. The summed E-state index contributed by atoms with van der Waals surface area (Å²) in [7, 11) is 0. The first-order valence-corrected chi connectivity index (χ1v) is 11.5. The van der Waals surface area contributed by atoms with Gasteiger partial charge in [0.1, 0.15) is 0 Å². The number of aromatic nitrogens is 2. The Morgan fingerprint density at radius 3 is 2.06 bits per heavy atom. The van der Waals surface area contributed by atoms with Gasteiger partial charge in [-0.05, 0) is 73.2 Å². The molecule has 32 heavy (non-hydrogen) atoms. The van der Waals surface area contributed by atoms with Crippen molar-refractivity contribution in [2.45, 2.75) is 38.5 Å². The molecule has 0 atom stereocenters. The molecule has 0 saturated carbocycles. The Hall–Kier alpha value is -3.66. The highest BCUT2D eigenvalue weighted by molar-refractivity contribution is 5.86. The van der Waals surface area contributed by atoms with Gasteiger partial charge in [0.2, 0.25) is 0 Å². The average Bonchev–Trinajstić information content (AvgIpc) is 2.83. The van der Waals surface area contributed by atoms with Crippen LogP contribution in [-0.2, 0) is 12.8 Å². The fourth-order valence-corrected chi connectivity index (χ4v) is 4.89. The number of anilines is 3. The van der Waals surface area contributed by atoms with Gasteiger partial charge in [-0.15, -0.1) is 0 Å². The van der Waals surface area contributed by atoms with Crippen molar-refractivity contribution >= 4 is 17.1 Å². The molecule has 0 fully saturated rings. The molecule has 4 aromatic rings. The summed E-state index contributed by atoms with van der Waals surface area (Å²) in [5.41, 5.74) is 8.12. The third kappa shape index (κ3) is 3.32. The van der Waals surface area contributed by atoms with E-state index in [1.807, 2.05) is 30.5 Å². The number of para-hydroxylation sites is 4. The van der Waals surface area contributed by atoms with E-state index < -0.39 is 0 Å². The van der Waals surface area contributed by atoms with Gasteiger partial charge in [0.15, 0.2) is 11.5 Å². The smallest absolute Gasteiger partial charge is 0.151 e. The molecule has 4 heteroatoms. The molecule has 0 spiro atoms. The Balaban J connectivity index is 1.41. The number of fused-ring (bicyclic) bond motifs is 3. The Morgan fingerprint density at radius 2 is 1.34 bits per heavy atom. The largest absolute Gasteiger partial charge is 0.453 e. The van der Waals surface area contributed by atoms with Crippen LogP contribution in [0, 0.1) is 0 Å². The van der Waals surface area contributed by atoms with E-state index in [0.717, 1.165) is 52.7 Å². The molecule has 0 N–H and O–H groups in total. The van der Waals surface area contributed by atoms with E-state index in [9.17, 15) is 0 Å². The molecule has 158 valence electrons. The zero-order chi connectivity index (χ0) is 21.3. The molecule has 2 heterocycles. The first kappa shape index (κ1) is 19.1. The van der Waals surface area contributed by atoms with E-state index in [1.165, 1.54) is 36.8 Å². The van der Waals surface area contributed by atoms with Crippen LogP contribution >= 0.6 is 0 Å². The summed E-state index contributed by atoms with van der Waals surface area (Å²) >= 11 is 0. The highest BCUT2D eigenvalue weighted by atomic mass is 16.5. The van der Waals surface area contributed by atoms with Gasteiger partial charge in [0, 0.05) is 11.3 Å². The summed E-state index contributed by atoms with van der Waals surface area (Å²) in [6, 6.07) is 25.1. The topological polar surface area (TPSA) is 38.2 Å².